The molecule has 2 fully saturated rings. The Kier molecular flexibility index (Phi) is 7.56. The summed E-state index contributed by atoms with van der Waals surface area (Å²) >= 11 is 0. The molecule has 2 aromatic rings. The average Bonchev–Trinajstić information content (AvgIpc) is 2.84. The Bertz CT molecular complexity index is 673. The maximum atomic E-state index is 9.63. The molecule has 2 heterocycles. The zero-order valence-corrected chi connectivity index (χ0v) is 17.9. The maximum Gasteiger partial charge on any atom is 0.0545 e. The molecule has 0 aliphatic carbocycles. The smallest absolute Gasteiger partial charge is 0.0545 e. The van der Waals surface area contributed by atoms with Crippen molar-refractivity contribution in [2.24, 2.45) is 11.8 Å². The molecule has 0 amide bonds. The van der Waals surface area contributed by atoms with Gasteiger partial charge in [-0.3, -0.25) is 9.80 Å². The molecule has 4 rings (SSSR count). The lowest BCUT2D eigenvalue weighted by Crippen LogP contribution is -2.46. The molecule has 2 aromatic carbocycles. The molecule has 2 N–H and O–H groups in total. The van der Waals surface area contributed by atoms with Gasteiger partial charge >= 0.3 is 0 Å². The molecule has 0 bridgehead atoms. The molecule has 30 heavy (non-hydrogen) atoms. The highest BCUT2D eigenvalue weighted by atomic mass is 16.3. The number of rotatable bonds is 7. The van der Waals surface area contributed by atoms with Gasteiger partial charge in [0.15, 0.2) is 0 Å². The summed E-state index contributed by atoms with van der Waals surface area (Å²) in [5.74, 6) is 0.876. The highest BCUT2D eigenvalue weighted by Crippen LogP contribution is 2.41. The zero-order valence-electron chi connectivity index (χ0n) is 17.9. The van der Waals surface area contributed by atoms with E-state index >= 15 is 0 Å². The van der Waals surface area contributed by atoms with Crippen LogP contribution in [-0.2, 0) is 0 Å². The molecule has 0 saturated carbocycles. The summed E-state index contributed by atoms with van der Waals surface area (Å²) in [6.45, 7) is 4.73. The molecule has 2 atom stereocenters. The molecule has 0 aromatic heterocycles. The van der Waals surface area contributed by atoms with Crippen molar-refractivity contribution in [1.29, 1.82) is 0 Å². The fourth-order valence-electron chi connectivity index (χ4n) is 5.31. The van der Waals surface area contributed by atoms with E-state index in [2.05, 4.69) is 70.5 Å². The summed E-state index contributed by atoms with van der Waals surface area (Å²) in [4.78, 5) is 5.30. The van der Waals surface area contributed by atoms with Gasteiger partial charge in [-0.15, -0.1) is 0 Å². The number of hydrogen-bond acceptors (Lipinski definition) is 4. The Labute approximate surface area is 181 Å². The molecular weight excluding hydrogens is 372 g/mol. The van der Waals surface area contributed by atoms with Crippen LogP contribution in [0.5, 0.6) is 0 Å². The second-order valence-electron chi connectivity index (χ2n) is 9.03. The minimum absolute atomic E-state index is 0.291. The zero-order chi connectivity index (χ0) is 20.8. The van der Waals surface area contributed by atoms with Gasteiger partial charge in [0, 0.05) is 13.2 Å². The standard InChI is InChI=1S/C26H36N2O2/c29-19-21-11-15-27(16-12-21)25(23-7-3-1-4-8-23)26(24-9-5-2-6-10-24)28-17-13-22(20-30)14-18-28/h1-10,21-22,25-26,29-30H,11-20H2/t25-,26+. The third kappa shape index (κ3) is 4.94. The number of piperidine rings is 2. The van der Waals surface area contributed by atoms with Crippen LogP contribution in [0.4, 0.5) is 0 Å². The number of aliphatic hydroxyl groups is 2. The first-order valence-electron chi connectivity index (χ1n) is 11.6. The fraction of sp³-hybridized carbons (Fsp3) is 0.538. The van der Waals surface area contributed by atoms with Crippen LogP contribution < -0.4 is 0 Å². The van der Waals surface area contributed by atoms with E-state index < -0.39 is 0 Å². The van der Waals surface area contributed by atoms with Crippen molar-refractivity contribution in [2.45, 2.75) is 37.8 Å². The van der Waals surface area contributed by atoms with E-state index in [-0.39, 0.29) is 0 Å². The van der Waals surface area contributed by atoms with Crippen LogP contribution in [0.15, 0.2) is 60.7 Å². The molecule has 4 nitrogen and oxygen atoms in total. The summed E-state index contributed by atoms with van der Waals surface area (Å²) in [5, 5.41) is 19.3. The van der Waals surface area contributed by atoms with Gasteiger partial charge in [-0.25, -0.2) is 0 Å². The predicted octanol–water partition coefficient (Wildman–Crippen LogP) is 3.88. The highest BCUT2D eigenvalue weighted by Gasteiger charge is 2.37. The topological polar surface area (TPSA) is 46.9 Å². The predicted molar refractivity (Wildman–Crippen MR) is 121 cm³/mol. The molecular formula is C26H36N2O2. The van der Waals surface area contributed by atoms with Gasteiger partial charge in [0.05, 0.1) is 12.1 Å². The summed E-state index contributed by atoms with van der Waals surface area (Å²) in [7, 11) is 0. The third-order valence-electron chi connectivity index (χ3n) is 7.18. The second kappa shape index (κ2) is 10.5. The third-order valence-corrected chi connectivity index (χ3v) is 7.18. The molecule has 0 radical (unpaired) electrons. The number of benzene rings is 2. The van der Waals surface area contributed by atoms with Crippen molar-refractivity contribution in [2.75, 3.05) is 39.4 Å². The first-order chi connectivity index (χ1) is 14.8. The lowest BCUT2D eigenvalue weighted by molar-refractivity contribution is 0.0217. The van der Waals surface area contributed by atoms with Gasteiger partial charge < -0.3 is 10.2 Å². The summed E-state index contributed by atoms with van der Waals surface area (Å²) in [5.41, 5.74) is 2.75. The highest BCUT2D eigenvalue weighted by molar-refractivity contribution is 5.28. The first kappa shape index (κ1) is 21.5. The van der Waals surface area contributed by atoms with E-state index in [1.807, 2.05) is 0 Å². The van der Waals surface area contributed by atoms with Crippen LogP contribution in [0.3, 0.4) is 0 Å². The van der Waals surface area contributed by atoms with Gasteiger partial charge in [0.25, 0.3) is 0 Å². The Hall–Kier alpha value is -1.72. The van der Waals surface area contributed by atoms with Crippen LogP contribution in [0.1, 0.15) is 48.9 Å². The summed E-state index contributed by atoms with van der Waals surface area (Å²) in [6.07, 6.45) is 4.25. The lowest BCUT2D eigenvalue weighted by Gasteiger charge is -2.47. The Balaban J connectivity index is 1.68. The van der Waals surface area contributed by atoms with Crippen molar-refractivity contribution in [1.82, 2.24) is 9.80 Å². The fourth-order valence-corrected chi connectivity index (χ4v) is 5.31. The molecule has 2 aliphatic heterocycles. The molecule has 0 spiro atoms. The van der Waals surface area contributed by atoms with E-state index in [9.17, 15) is 10.2 Å². The van der Waals surface area contributed by atoms with Gasteiger partial charge in [-0.05, 0) is 74.8 Å². The molecule has 2 aliphatic rings. The van der Waals surface area contributed by atoms with Gasteiger partial charge in [-0.2, -0.15) is 0 Å². The summed E-state index contributed by atoms with van der Waals surface area (Å²) in [6, 6.07) is 22.5. The van der Waals surface area contributed by atoms with Crippen molar-refractivity contribution < 1.29 is 10.2 Å². The minimum Gasteiger partial charge on any atom is -0.396 e. The van der Waals surface area contributed by atoms with E-state index in [1.165, 1.54) is 11.1 Å². The largest absolute Gasteiger partial charge is 0.396 e. The average molecular weight is 409 g/mol. The molecule has 162 valence electrons. The first-order valence-corrected chi connectivity index (χ1v) is 11.6. The maximum absolute atomic E-state index is 9.63. The van der Waals surface area contributed by atoms with Crippen molar-refractivity contribution in [3.05, 3.63) is 71.8 Å². The van der Waals surface area contributed by atoms with Crippen LogP contribution in [-0.4, -0.2) is 59.4 Å². The Morgan fingerprint density at radius 3 is 1.23 bits per heavy atom. The number of hydrogen-bond donors (Lipinski definition) is 2. The van der Waals surface area contributed by atoms with Crippen LogP contribution >= 0.6 is 0 Å². The van der Waals surface area contributed by atoms with E-state index in [0.29, 0.717) is 37.1 Å². The Morgan fingerprint density at radius 2 is 0.933 bits per heavy atom. The van der Waals surface area contributed by atoms with Crippen molar-refractivity contribution in [3.63, 3.8) is 0 Å². The van der Waals surface area contributed by atoms with Crippen LogP contribution in [0, 0.1) is 11.8 Å². The van der Waals surface area contributed by atoms with Crippen molar-refractivity contribution in [3.8, 4) is 0 Å². The normalized spacial score (nSPS) is 22.1. The quantitative estimate of drug-likeness (QED) is 0.730. The Morgan fingerprint density at radius 1 is 0.600 bits per heavy atom. The SMILES string of the molecule is OCC1CCN([C@H](c2ccccc2)[C@H](c2ccccc2)N2CCC(CO)CC2)CC1. The number of likely N-dealkylation sites (tertiary alicyclic amines) is 2. The minimum atomic E-state index is 0.291. The van der Waals surface area contributed by atoms with Crippen molar-refractivity contribution >= 4 is 0 Å². The van der Waals surface area contributed by atoms with E-state index in [4.69, 9.17) is 0 Å². The second-order valence-corrected chi connectivity index (χ2v) is 9.03. The number of aliphatic hydroxyl groups excluding tert-OH is 2. The summed E-state index contributed by atoms with van der Waals surface area (Å²) < 4.78 is 0. The lowest BCUT2D eigenvalue weighted by atomic mass is 9.86. The molecule has 4 heteroatoms. The van der Waals surface area contributed by atoms with Crippen LogP contribution in [0.25, 0.3) is 0 Å². The molecule has 2 saturated heterocycles. The monoisotopic (exact) mass is 408 g/mol. The number of nitrogens with zero attached hydrogens (tertiary/aromatic N) is 2. The van der Waals surface area contributed by atoms with Gasteiger partial charge in [0.1, 0.15) is 0 Å². The molecule has 0 unspecified atom stereocenters. The van der Waals surface area contributed by atoms with E-state index in [0.717, 1.165) is 51.9 Å². The van der Waals surface area contributed by atoms with Crippen LogP contribution in [0.2, 0.25) is 0 Å². The van der Waals surface area contributed by atoms with Gasteiger partial charge in [-0.1, -0.05) is 60.7 Å². The van der Waals surface area contributed by atoms with Gasteiger partial charge in [0.2, 0.25) is 0 Å². The van der Waals surface area contributed by atoms with E-state index in [1.54, 1.807) is 0 Å².